The second-order valence-corrected chi connectivity index (χ2v) is 13.1. The quantitative estimate of drug-likeness (QED) is 0.346. The molecule has 0 nitrogen and oxygen atoms in total. The van der Waals surface area contributed by atoms with Crippen molar-refractivity contribution in [2.75, 3.05) is 11.5 Å². The fourth-order valence-electron chi connectivity index (χ4n) is 8.47. The fraction of sp³-hybridized carbons (Fsp3) is 0.400. The van der Waals surface area contributed by atoms with Gasteiger partial charge in [0.2, 0.25) is 0 Å². The highest BCUT2D eigenvalue weighted by molar-refractivity contribution is 8.02. The van der Waals surface area contributed by atoms with Gasteiger partial charge in [0, 0.05) is 44.7 Å². The topological polar surface area (TPSA) is 0 Å². The molecule has 0 N–H and O–H groups in total. The zero-order valence-electron chi connectivity index (χ0n) is 19.4. The molecule has 7 rings (SSSR count). The summed E-state index contributed by atoms with van der Waals surface area (Å²) in [5.41, 5.74) is 12.4. The monoisotopic (exact) mass is 454 g/mol. The molecule has 0 aromatic heterocycles. The van der Waals surface area contributed by atoms with Crippen LogP contribution in [0.4, 0.5) is 0 Å². The minimum atomic E-state index is -0.00437. The van der Waals surface area contributed by atoms with Crippen molar-refractivity contribution in [3.8, 4) is 0 Å². The lowest BCUT2D eigenvalue weighted by Crippen LogP contribution is -2.51. The minimum absolute atomic E-state index is 0.000892. The highest BCUT2D eigenvalue weighted by atomic mass is 32.2. The van der Waals surface area contributed by atoms with Crippen LogP contribution in [0.2, 0.25) is 0 Å². The lowest BCUT2D eigenvalue weighted by atomic mass is 9.52. The molecule has 4 bridgehead atoms. The largest absolute Gasteiger partial charge is 0.156 e. The van der Waals surface area contributed by atoms with E-state index in [-0.39, 0.29) is 21.7 Å². The van der Waals surface area contributed by atoms with Crippen LogP contribution in [0.25, 0.3) is 0 Å². The Morgan fingerprint density at radius 1 is 0.531 bits per heavy atom. The van der Waals surface area contributed by atoms with Crippen LogP contribution in [0.5, 0.6) is 0 Å². The Hall–Kier alpha value is -1.64. The maximum Gasteiger partial charge on any atom is 0.0257 e. The number of hydrogen-bond acceptors (Lipinski definition) is 2. The van der Waals surface area contributed by atoms with Crippen molar-refractivity contribution in [3.05, 3.63) is 105 Å². The van der Waals surface area contributed by atoms with Crippen LogP contribution in [0.1, 0.15) is 72.2 Å². The second kappa shape index (κ2) is 6.07. The van der Waals surface area contributed by atoms with E-state index in [4.69, 9.17) is 0 Å². The number of benzene rings is 3. The average molecular weight is 455 g/mol. The van der Waals surface area contributed by atoms with Gasteiger partial charge in [-0.1, -0.05) is 88.4 Å². The van der Waals surface area contributed by atoms with Crippen molar-refractivity contribution in [3.63, 3.8) is 0 Å². The van der Waals surface area contributed by atoms with E-state index in [0.717, 1.165) is 11.5 Å². The molecule has 3 aromatic rings. The fourth-order valence-corrected chi connectivity index (χ4v) is 10.5. The summed E-state index contributed by atoms with van der Waals surface area (Å²) < 4.78 is 0. The predicted molar refractivity (Wildman–Crippen MR) is 139 cm³/mol. The van der Waals surface area contributed by atoms with Gasteiger partial charge in [0.05, 0.1) is 0 Å². The molecule has 4 atom stereocenters. The molecular weight excluding hydrogens is 424 g/mol. The number of fused-ring (bicyclic) bond motifs is 7. The molecule has 32 heavy (non-hydrogen) atoms. The molecule has 3 aliphatic carbocycles. The van der Waals surface area contributed by atoms with Crippen LogP contribution in [0, 0.1) is 5.41 Å². The molecule has 0 spiro atoms. The minimum Gasteiger partial charge on any atom is -0.156 e. The van der Waals surface area contributed by atoms with Gasteiger partial charge in [0.1, 0.15) is 0 Å². The third-order valence-electron chi connectivity index (χ3n) is 10.2. The lowest BCUT2D eigenvalue weighted by molar-refractivity contribution is 0.0997. The van der Waals surface area contributed by atoms with Gasteiger partial charge in [0.25, 0.3) is 0 Å². The summed E-state index contributed by atoms with van der Waals surface area (Å²) in [6.07, 6.45) is 0. The molecule has 1 heterocycles. The summed E-state index contributed by atoms with van der Waals surface area (Å²) in [6.45, 7) is 10.3. The maximum absolute atomic E-state index is 2.62. The van der Waals surface area contributed by atoms with E-state index >= 15 is 0 Å². The van der Waals surface area contributed by atoms with Crippen molar-refractivity contribution < 1.29 is 0 Å². The normalized spacial score (nSPS) is 35.9. The first-order valence-corrected chi connectivity index (χ1v) is 14.2. The summed E-state index contributed by atoms with van der Waals surface area (Å²) >= 11 is 4.18. The molecule has 2 heteroatoms. The van der Waals surface area contributed by atoms with Gasteiger partial charge in [-0.05, 0) is 44.5 Å². The van der Waals surface area contributed by atoms with Crippen molar-refractivity contribution in [2.24, 2.45) is 5.41 Å². The maximum atomic E-state index is 2.62. The average Bonchev–Trinajstić information content (AvgIpc) is 3.17. The van der Waals surface area contributed by atoms with Crippen LogP contribution in [-0.4, -0.2) is 11.5 Å². The lowest BCUT2D eigenvalue weighted by Gasteiger charge is -2.49. The van der Waals surface area contributed by atoms with Crippen molar-refractivity contribution >= 4 is 23.5 Å². The zero-order chi connectivity index (χ0) is 21.9. The van der Waals surface area contributed by atoms with E-state index in [9.17, 15) is 0 Å². The van der Waals surface area contributed by atoms with Crippen molar-refractivity contribution in [1.82, 2.24) is 0 Å². The third-order valence-corrected chi connectivity index (χ3v) is 12.6. The van der Waals surface area contributed by atoms with E-state index in [1.54, 1.807) is 33.4 Å². The summed E-state index contributed by atoms with van der Waals surface area (Å²) in [5.74, 6) is 4.70. The van der Waals surface area contributed by atoms with E-state index in [1.807, 2.05) is 0 Å². The molecule has 0 amide bonds. The molecule has 0 radical (unpaired) electrons. The zero-order valence-corrected chi connectivity index (χ0v) is 21.1. The first-order chi connectivity index (χ1) is 15.4. The predicted octanol–water partition coefficient (Wildman–Crippen LogP) is 7.43. The third kappa shape index (κ3) is 1.84. The van der Waals surface area contributed by atoms with E-state index in [2.05, 4.69) is 112 Å². The molecular formula is C30H30S2. The standard InChI is InChI=1S/C30H30S2/c1-27-21-7-5-6-8-22(21)28(2)24-12-10-20-16-26(24)29(3,30(27,28)4)25-15-19(9-11-23(25)27)17-31-13-14-32-18-20/h5-12,15-16H,13-14,17-18H2,1-4H3/t27-,28+,29?,30?. The summed E-state index contributed by atoms with van der Waals surface area (Å²) in [7, 11) is 0. The van der Waals surface area contributed by atoms with Crippen LogP contribution in [0.3, 0.4) is 0 Å². The molecule has 0 saturated carbocycles. The molecule has 4 aliphatic rings. The van der Waals surface area contributed by atoms with E-state index in [1.165, 1.54) is 22.6 Å². The first-order valence-electron chi connectivity index (χ1n) is 11.9. The van der Waals surface area contributed by atoms with Gasteiger partial charge in [-0.3, -0.25) is 0 Å². The highest BCUT2D eigenvalue weighted by Gasteiger charge is 2.79. The molecule has 3 aromatic carbocycles. The van der Waals surface area contributed by atoms with Gasteiger partial charge < -0.3 is 0 Å². The van der Waals surface area contributed by atoms with Crippen LogP contribution in [-0.2, 0) is 27.8 Å². The molecule has 0 fully saturated rings. The van der Waals surface area contributed by atoms with Gasteiger partial charge in [-0.15, -0.1) is 0 Å². The van der Waals surface area contributed by atoms with E-state index in [0.29, 0.717) is 0 Å². The van der Waals surface area contributed by atoms with Crippen molar-refractivity contribution in [2.45, 2.75) is 55.4 Å². The van der Waals surface area contributed by atoms with Crippen LogP contribution >= 0.6 is 23.5 Å². The second-order valence-electron chi connectivity index (χ2n) is 10.9. The first kappa shape index (κ1) is 19.8. The van der Waals surface area contributed by atoms with Gasteiger partial charge in [-0.25, -0.2) is 0 Å². The molecule has 0 saturated heterocycles. The summed E-state index contributed by atoms with van der Waals surface area (Å²) in [5, 5.41) is 0. The Bertz CT molecular complexity index is 1210. The molecule has 1 aliphatic heterocycles. The highest BCUT2D eigenvalue weighted by Crippen LogP contribution is 2.82. The van der Waals surface area contributed by atoms with Crippen molar-refractivity contribution in [1.29, 1.82) is 0 Å². The Morgan fingerprint density at radius 3 is 1.41 bits per heavy atom. The van der Waals surface area contributed by atoms with Crippen LogP contribution < -0.4 is 0 Å². The SMILES string of the molecule is CC12c3cc4ccc3[C@@]3(C)c5ccccc5[C@@](C)(c5ccc(cc51)CSCCSC4)C23C. The molecule has 2 unspecified atom stereocenters. The van der Waals surface area contributed by atoms with E-state index < -0.39 is 0 Å². The number of rotatable bonds is 0. The summed E-state index contributed by atoms with van der Waals surface area (Å²) in [4.78, 5) is 0. The summed E-state index contributed by atoms with van der Waals surface area (Å²) in [6, 6.07) is 24.4. The Morgan fingerprint density at radius 2 is 0.938 bits per heavy atom. The van der Waals surface area contributed by atoms with Gasteiger partial charge in [0.15, 0.2) is 0 Å². The Labute approximate surface area is 200 Å². The molecule has 162 valence electrons. The van der Waals surface area contributed by atoms with Gasteiger partial charge in [-0.2, -0.15) is 23.5 Å². The van der Waals surface area contributed by atoms with Crippen LogP contribution in [0.15, 0.2) is 60.7 Å². The smallest absolute Gasteiger partial charge is 0.0257 e. The number of thioether (sulfide) groups is 2. The Balaban J connectivity index is 1.67. The van der Waals surface area contributed by atoms with Gasteiger partial charge >= 0.3 is 0 Å². The Kier molecular flexibility index (Phi) is 3.76. The number of hydrogen-bond donors (Lipinski definition) is 0.